The zero-order valence-corrected chi connectivity index (χ0v) is 14.6. The number of hydrogen-bond acceptors (Lipinski definition) is 4. The van der Waals surface area contributed by atoms with Gasteiger partial charge >= 0.3 is 6.03 Å². The first-order chi connectivity index (χ1) is 11.9. The second-order valence-electron chi connectivity index (χ2n) is 5.77. The molecule has 0 aliphatic heterocycles. The van der Waals surface area contributed by atoms with E-state index in [1.165, 1.54) is 4.90 Å². The Morgan fingerprint density at radius 1 is 1.20 bits per heavy atom. The summed E-state index contributed by atoms with van der Waals surface area (Å²) in [5, 5.41) is 9.07. The lowest BCUT2D eigenvalue weighted by Gasteiger charge is -2.21. The summed E-state index contributed by atoms with van der Waals surface area (Å²) >= 11 is 0. The second kappa shape index (κ2) is 8.14. The quantitative estimate of drug-likeness (QED) is 0.789. The Morgan fingerprint density at radius 2 is 1.96 bits per heavy atom. The first-order valence-corrected chi connectivity index (χ1v) is 7.86. The van der Waals surface area contributed by atoms with Crippen LogP contribution in [0.4, 0.5) is 16.3 Å². The predicted octanol–water partition coefficient (Wildman–Crippen LogP) is 3.26. The molecule has 0 fully saturated rings. The minimum absolute atomic E-state index is 0.130. The number of nitrogens with one attached hydrogen (secondary N) is 2. The highest BCUT2D eigenvalue weighted by Crippen LogP contribution is 2.15. The fourth-order valence-corrected chi connectivity index (χ4v) is 2.18. The van der Waals surface area contributed by atoms with E-state index in [9.17, 15) is 9.59 Å². The number of aryl methyl sites for hydroxylation is 3. The molecule has 7 nitrogen and oxygen atoms in total. The number of carbonyl (C=O) groups is 2. The highest BCUT2D eigenvalue weighted by atomic mass is 16.5. The van der Waals surface area contributed by atoms with Crippen LogP contribution >= 0.6 is 0 Å². The average molecular weight is 342 g/mol. The lowest BCUT2D eigenvalue weighted by atomic mass is 10.1. The van der Waals surface area contributed by atoms with E-state index in [-0.39, 0.29) is 25.0 Å². The van der Waals surface area contributed by atoms with Crippen molar-refractivity contribution in [3.63, 3.8) is 0 Å². The van der Waals surface area contributed by atoms with Gasteiger partial charge in [-0.2, -0.15) is 0 Å². The van der Waals surface area contributed by atoms with Crippen LogP contribution in [0.5, 0.6) is 0 Å². The van der Waals surface area contributed by atoms with Crippen LogP contribution < -0.4 is 10.6 Å². The average Bonchev–Trinajstić information content (AvgIpc) is 2.95. The van der Waals surface area contributed by atoms with Crippen molar-refractivity contribution < 1.29 is 14.1 Å². The van der Waals surface area contributed by atoms with Gasteiger partial charge in [-0.05, 0) is 44.0 Å². The van der Waals surface area contributed by atoms with Gasteiger partial charge in [0.15, 0.2) is 5.82 Å². The lowest BCUT2D eigenvalue weighted by molar-refractivity contribution is -0.116. The van der Waals surface area contributed by atoms with Gasteiger partial charge < -0.3 is 20.1 Å². The molecular weight excluding hydrogens is 320 g/mol. The van der Waals surface area contributed by atoms with Gasteiger partial charge in [0.2, 0.25) is 5.91 Å². The van der Waals surface area contributed by atoms with Crippen LogP contribution in [0.2, 0.25) is 0 Å². The number of rotatable bonds is 6. The molecule has 1 aromatic heterocycles. The van der Waals surface area contributed by atoms with Gasteiger partial charge in [-0.25, -0.2) is 4.79 Å². The molecule has 0 atom stereocenters. The first-order valence-electron chi connectivity index (χ1n) is 7.86. The van der Waals surface area contributed by atoms with Crippen molar-refractivity contribution >= 4 is 23.4 Å². The summed E-state index contributed by atoms with van der Waals surface area (Å²) in [7, 11) is 0. The van der Waals surface area contributed by atoms with Crippen molar-refractivity contribution in [3.8, 4) is 0 Å². The maximum atomic E-state index is 12.4. The third-order valence-corrected chi connectivity index (χ3v) is 3.62. The van der Waals surface area contributed by atoms with Crippen LogP contribution in [-0.4, -0.2) is 35.1 Å². The van der Waals surface area contributed by atoms with Crippen molar-refractivity contribution in [1.82, 2.24) is 10.1 Å². The molecule has 0 aliphatic carbocycles. The topological polar surface area (TPSA) is 87.5 Å². The predicted molar refractivity (Wildman–Crippen MR) is 96.6 cm³/mol. The van der Waals surface area contributed by atoms with Gasteiger partial charge in [0.05, 0.1) is 0 Å². The summed E-state index contributed by atoms with van der Waals surface area (Å²) in [4.78, 5) is 25.9. The molecule has 0 saturated heterocycles. The number of anilines is 2. The molecule has 0 radical (unpaired) electrons. The number of amides is 3. The molecular formula is C18H22N4O3. The molecule has 25 heavy (non-hydrogen) atoms. The van der Waals surface area contributed by atoms with Gasteiger partial charge in [-0.3, -0.25) is 4.79 Å². The highest BCUT2D eigenvalue weighted by molar-refractivity contribution is 5.96. The van der Waals surface area contributed by atoms with Crippen molar-refractivity contribution in [3.05, 3.63) is 53.8 Å². The van der Waals surface area contributed by atoms with E-state index in [1.54, 1.807) is 19.1 Å². The summed E-state index contributed by atoms with van der Waals surface area (Å²) in [6.45, 7) is 9.44. The number of carbonyl (C=O) groups excluding carboxylic acids is 2. The SMILES string of the molecule is C=CCN(CC(=O)Nc1cc(C)on1)C(=O)Nc1ccc(C)c(C)c1. The van der Waals surface area contributed by atoms with Crippen molar-refractivity contribution in [2.75, 3.05) is 23.7 Å². The molecule has 1 aromatic carbocycles. The fourth-order valence-electron chi connectivity index (χ4n) is 2.18. The molecule has 132 valence electrons. The van der Waals surface area contributed by atoms with Gasteiger partial charge in [0.1, 0.15) is 12.3 Å². The largest absolute Gasteiger partial charge is 0.360 e. The summed E-state index contributed by atoms with van der Waals surface area (Å²) in [5.74, 6) is 0.534. The van der Waals surface area contributed by atoms with Crippen LogP contribution in [0.25, 0.3) is 0 Å². The van der Waals surface area contributed by atoms with Crippen molar-refractivity contribution in [1.29, 1.82) is 0 Å². The molecule has 0 saturated carbocycles. The molecule has 0 spiro atoms. The summed E-state index contributed by atoms with van der Waals surface area (Å²) < 4.78 is 4.89. The molecule has 0 aliphatic rings. The molecule has 7 heteroatoms. The highest BCUT2D eigenvalue weighted by Gasteiger charge is 2.17. The lowest BCUT2D eigenvalue weighted by Crippen LogP contribution is -2.40. The number of hydrogen-bond donors (Lipinski definition) is 2. The normalized spacial score (nSPS) is 10.2. The molecule has 3 amide bonds. The van der Waals surface area contributed by atoms with Gasteiger partial charge in [-0.1, -0.05) is 17.3 Å². The van der Waals surface area contributed by atoms with Crippen molar-refractivity contribution in [2.24, 2.45) is 0 Å². The number of nitrogens with zero attached hydrogens (tertiary/aromatic N) is 2. The molecule has 0 unspecified atom stereocenters. The number of aromatic nitrogens is 1. The van der Waals surface area contributed by atoms with Gasteiger partial charge in [-0.15, -0.1) is 6.58 Å². The van der Waals surface area contributed by atoms with Gasteiger partial charge in [0, 0.05) is 18.3 Å². The third kappa shape index (κ3) is 5.20. The van der Waals surface area contributed by atoms with Gasteiger partial charge in [0.25, 0.3) is 0 Å². The van der Waals surface area contributed by atoms with E-state index in [4.69, 9.17) is 4.52 Å². The molecule has 2 aromatic rings. The fraction of sp³-hybridized carbons (Fsp3) is 0.278. The number of benzene rings is 1. The Labute approximate surface area is 146 Å². The Kier molecular flexibility index (Phi) is 5.94. The van der Waals surface area contributed by atoms with E-state index in [0.29, 0.717) is 17.3 Å². The molecule has 2 rings (SSSR count). The Morgan fingerprint density at radius 3 is 2.56 bits per heavy atom. The minimum atomic E-state index is -0.380. The van der Waals surface area contributed by atoms with Crippen LogP contribution in [0.1, 0.15) is 16.9 Å². The Balaban J connectivity index is 2.00. The van der Waals surface area contributed by atoms with Crippen LogP contribution in [0.15, 0.2) is 41.4 Å². The number of urea groups is 1. The third-order valence-electron chi connectivity index (χ3n) is 3.62. The zero-order chi connectivity index (χ0) is 18.4. The van der Waals surface area contributed by atoms with Crippen LogP contribution in [0.3, 0.4) is 0 Å². The minimum Gasteiger partial charge on any atom is -0.360 e. The van der Waals surface area contributed by atoms with E-state index in [0.717, 1.165) is 11.1 Å². The standard InChI is InChI=1S/C18H22N4O3/c1-5-8-22(11-17(23)20-16-10-14(4)25-21-16)18(24)19-15-7-6-12(2)13(3)9-15/h5-7,9-10H,1,8,11H2,2-4H3,(H,19,24)(H,20,21,23). The Bertz CT molecular complexity index is 782. The molecule has 0 bridgehead atoms. The molecule has 1 heterocycles. The van der Waals surface area contributed by atoms with E-state index in [2.05, 4.69) is 22.4 Å². The maximum Gasteiger partial charge on any atom is 0.322 e. The summed E-state index contributed by atoms with van der Waals surface area (Å²) in [6.07, 6.45) is 1.56. The Hall–Kier alpha value is -3.09. The smallest absolute Gasteiger partial charge is 0.322 e. The van der Waals surface area contributed by atoms with Crippen LogP contribution in [0, 0.1) is 20.8 Å². The second-order valence-corrected chi connectivity index (χ2v) is 5.77. The van der Waals surface area contributed by atoms with E-state index < -0.39 is 0 Å². The summed E-state index contributed by atoms with van der Waals surface area (Å²) in [5.41, 5.74) is 2.89. The maximum absolute atomic E-state index is 12.4. The van der Waals surface area contributed by atoms with E-state index in [1.807, 2.05) is 32.0 Å². The zero-order valence-electron chi connectivity index (χ0n) is 14.6. The molecule has 2 N–H and O–H groups in total. The van der Waals surface area contributed by atoms with E-state index >= 15 is 0 Å². The first kappa shape index (κ1) is 18.3. The van der Waals surface area contributed by atoms with Crippen molar-refractivity contribution in [2.45, 2.75) is 20.8 Å². The summed E-state index contributed by atoms with van der Waals surface area (Å²) in [6, 6.07) is 6.87. The monoisotopic (exact) mass is 342 g/mol. The van der Waals surface area contributed by atoms with Crippen LogP contribution in [-0.2, 0) is 4.79 Å².